The van der Waals surface area contributed by atoms with Crippen LogP contribution in [0.2, 0.25) is 0 Å². The van der Waals surface area contributed by atoms with Crippen LogP contribution in [0.25, 0.3) is 0 Å². The summed E-state index contributed by atoms with van der Waals surface area (Å²) in [5.41, 5.74) is 3.37. The highest BCUT2D eigenvalue weighted by molar-refractivity contribution is 7.92. The summed E-state index contributed by atoms with van der Waals surface area (Å²) < 4.78 is 35.4. The maximum atomic E-state index is 12.2. The van der Waals surface area contributed by atoms with Crippen LogP contribution < -0.4 is 19.2 Å². The van der Waals surface area contributed by atoms with Crippen LogP contribution in [0.5, 0.6) is 11.5 Å². The molecule has 2 aromatic carbocycles. The number of methoxy groups -OCH3 is 2. The maximum Gasteiger partial charge on any atom is 0.260 e. The number of carbonyl (C=O) groups is 1. The highest BCUT2D eigenvalue weighted by Crippen LogP contribution is 2.22. The van der Waals surface area contributed by atoms with Crippen LogP contribution >= 0.6 is 0 Å². The predicted molar refractivity (Wildman–Crippen MR) is 104 cm³/mol. The Morgan fingerprint density at radius 1 is 1.11 bits per heavy atom. The molecule has 2 aromatic rings. The lowest BCUT2D eigenvalue weighted by molar-refractivity contribution is -0.119. The summed E-state index contributed by atoms with van der Waals surface area (Å²) in [5, 5.41) is 3.85. The first-order valence-electron chi connectivity index (χ1n) is 7.91. The molecule has 0 heterocycles. The van der Waals surface area contributed by atoms with Gasteiger partial charge in [-0.1, -0.05) is 18.2 Å². The molecule has 9 heteroatoms. The van der Waals surface area contributed by atoms with E-state index in [0.717, 1.165) is 16.1 Å². The van der Waals surface area contributed by atoms with E-state index >= 15 is 0 Å². The molecule has 0 bridgehead atoms. The summed E-state index contributed by atoms with van der Waals surface area (Å²) in [7, 11) is -0.648. The number of anilines is 1. The molecule has 1 N–H and O–H groups in total. The van der Waals surface area contributed by atoms with Gasteiger partial charge < -0.3 is 9.47 Å². The molecule has 0 fully saturated rings. The Morgan fingerprint density at radius 3 is 2.37 bits per heavy atom. The second kappa shape index (κ2) is 9.04. The monoisotopic (exact) mass is 391 g/mol. The Kier molecular flexibility index (Phi) is 6.78. The van der Waals surface area contributed by atoms with Crippen molar-refractivity contribution < 1.29 is 22.7 Å². The summed E-state index contributed by atoms with van der Waals surface area (Å²) >= 11 is 0. The second-order valence-corrected chi connectivity index (χ2v) is 7.45. The molecule has 0 unspecified atom stereocenters. The van der Waals surface area contributed by atoms with Crippen molar-refractivity contribution in [1.29, 1.82) is 0 Å². The van der Waals surface area contributed by atoms with E-state index in [1.807, 2.05) is 0 Å². The topological polar surface area (TPSA) is 97.3 Å². The van der Waals surface area contributed by atoms with E-state index < -0.39 is 22.5 Å². The lowest BCUT2D eigenvalue weighted by Gasteiger charge is -2.21. The normalized spacial score (nSPS) is 11.2. The molecule has 0 saturated heterocycles. The number of hydrogen-bond donors (Lipinski definition) is 1. The molecular weight excluding hydrogens is 370 g/mol. The van der Waals surface area contributed by atoms with Crippen LogP contribution in [0.3, 0.4) is 0 Å². The third kappa shape index (κ3) is 6.00. The largest absolute Gasteiger partial charge is 0.497 e. The van der Waals surface area contributed by atoms with Gasteiger partial charge in [0.25, 0.3) is 5.91 Å². The zero-order valence-corrected chi connectivity index (χ0v) is 16.1. The molecule has 0 aliphatic heterocycles. The lowest BCUT2D eigenvalue weighted by Crippen LogP contribution is -2.39. The Bertz CT molecular complexity index is 928. The van der Waals surface area contributed by atoms with Gasteiger partial charge in [-0.3, -0.25) is 9.10 Å². The van der Waals surface area contributed by atoms with E-state index in [9.17, 15) is 13.2 Å². The first kappa shape index (κ1) is 20.2. The van der Waals surface area contributed by atoms with Gasteiger partial charge >= 0.3 is 0 Å². The van der Waals surface area contributed by atoms with Crippen LogP contribution in [-0.2, 0) is 14.8 Å². The number of nitrogens with one attached hydrogen (secondary N) is 1. The van der Waals surface area contributed by atoms with Crippen molar-refractivity contribution in [3.05, 3.63) is 54.1 Å². The lowest BCUT2D eigenvalue weighted by atomic mass is 10.2. The third-order valence-electron chi connectivity index (χ3n) is 3.53. The van der Waals surface area contributed by atoms with Gasteiger partial charge in [0, 0.05) is 6.07 Å². The zero-order valence-electron chi connectivity index (χ0n) is 15.2. The van der Waals surface area contributed by atoms with E-state index in [0.29, 0.717) is 17.2 Å². The van der Waals surface area contributed by atoms with Crippen LogP contribution in [0.4, 0.5) is 5.69 Å². The summed E-state index contributed by atoms with van der Waals surface area (Å²) in [6.45, 7) is -0.415. The first-order valence-corrected chi connectivity index (χ1v) is 9.76. The van der Waals surface area contributed by atoms with Gasteiger partial charge in [-0.05, 0) is 29.8 Å². The van der Waals surface area contributed by atoms with Crippen LogP contribution in [0, 0.1) is 0 Å². The molecule has 0 spiro atoms. The van der Waals surface area contributed by atoms with E-state index in [1.54, 1.807) is 49.6 Å². The number of sulfonamides is 1. The van der Waals surface area contributed by atoms with E-state index in [2.05, 4.69) is 10.5 Å². The van der Waals surface area contributed by atoms with Crippen molar-refractivity contribution in [3.63, 3.8) is 0 Å². The molecule has 1 amide bonds. The fraction of sp³-hybridized carbons (Fsp3) is 0.222. The minimum Gasteiger partial charge on any atom is -0.497 e. The van der Waals surface area contributed by atoms with Crippen molar-refractivity contribution in [2.24, 2.45) is 5.10 Å². The van der Waals surface area contributed by atoms with Crippen molar-refractivity contribution in [2.45, 2.75) is 0 Å². The van der Waals surface area contributed by atoms with Gasteiger partial charge in [-0.2, -0.15) is 5.10 Å². The highest BCUT2D eigenvalue weighted by Gasteiger charge is 2.21. The number of carbonyl (C=O) groups excluding carboxylic acids is 1. The maximum absolute atomic E-state index is 12.2. The third-order valence-corrected chi connectivity index (χ3v) is 4.67. The number of amides is 1. The fourth-order valence-corrected chi connectivity index (χ4v) is 3.08. The summed E-state index contributed by atoms with van der Waals surface area (Å²) in [4.78, 5) is 12.2. The second-order valence-electron chi connectivity index (χ2n) is 5.54. The minimum atomic E-state index is -3.68. The van der Waals surface area contributed by atoms with Gasteiger partial charge in [0.2, 0.25) is 10.0 Å². The van der Waals surface area contributed by atoms with E-state index in [4.69, 9.17) is 9.47 Å². The molecule has 0 saturated carbocycles. The molecule has 0 aliphatic carbocycles. The highest BCUT2D eigenvalue weighted by atomic mass is 32.2. The van der Waals surface area contributed by atoms with E-state index in [1.165, 1.54) is 19.4 Å². The summed E-state index contributed by atoms with van der Waals surface area (Å²) in [6, 6.07) is 13.5. The van der Waals surface area contributed by atoms with Crippen molar-refractivity contribution in [3.8, 4) is 11.5 Å². The number of hydrazone groups is 1. The quantitative estimate of drug-likeness (QED) is 0.545. The molecule has 2 rings (SSSR count). The number of rotatable bonds is 8. The molecule has 27 heavy (non-hydrogen) atoms. The van der Waals surface area contributed by atoms with E-state index in [-0.39, 0.29) is 0 Å². The van der Waals surface area contributed by atoms with Crippen molar-refractivity contribution in [2.75, 3.05) is 31.3 Å². The van der Waals surface area contributed by atoms with Gasteiger partial charge in [-0.25, -0.2) is 13.8 Å². The van der Waals surface area contributed by atoms with Gasteiger partial charge in [0.15, 0.2) is 0 Å². The number of benzene rings is 2. The molecule has 0 radical (unpaired) electrons. The average Bonchev–Trinajstić information content (AvgIpc) is 2.65. The summed E-state index contributed by atoms with van der Waals surface area (Å²) in [6.07, 6.45) is 2.47. The predicted octanol–water partition coefficient (Wildman–Crippen LogP) is 1.62. The zero-order chi connectivity index (χ0) is 19.9. The summed E-state index contributed by atoms with van der Waals surface area (Å²) in [5.74, 6) is 0.562. The number of ether oxygens (including phenoxy) is 2. The van der Waals surface area contributed by atoms with Gasteiger partial charge in [-0.15, -0.1) is 0 Å². The van der Waals surface area contributed by atoms with Gasteiger partial charge in [0.1, 0.15) is 18.0 Å². The SMILES string of the molecule is COc1cccc(/C=N\NC(=O)CN(c2cccc(OC)c2)S(C)(=O)=O)c1. The Hall–Kier alpha value is -3.07. The van der Waals surface area contributed by atoms with Crippen molar-refractivity contribution >= 4 is 27.8 Å². The smallest absolute Gasteiger partial charge is 0.260 e. The molecule has 0 aliphatic rings. The molecular formula is C18H21N3O5S. The fourth-order valence-electron chi connectivity index (χ4n) is 2.23. The molecule has 0 atom stereocenters. The van der Waals surface area contributed by atoms with Crippen LogP contribution in [0.1, 0.15) is 5.56 Å². The Morgan fingerprint density at radius 2 is 1.74 bits per heavy atom. The van der Waals surface area contributed by atoms with Crippen molar-refractivity contribution in [1.82, 2.24) is 5.43 Å². The molecule has 0 aromatic heterocycles. The first-order chi connectivity index (χ1) is 12.8. The van der Waals surface area contributed by atoms with Gasteiger partial charge in [0.05, 0.1) is 32.4 Å². The number of nitrogens with zero attached hydrogens (tertiary/aromatic N) is 2. The molecule has 144 valence electrons. The van der Waals surface area contributed by atoms with Crippen LogP contribution in [0.15, 0.2) is 53.6 Å². The van der Waals surface area contributed by atoms with Crippen LogP contribution in [-0.4, -0.2) is 47.6 Å². The Balaban J connectivity index is 2.08. The molecule has 8 nitrogen and oxygen atoms in total. The Labute approximate surface area is 158 Å². The standard InChI is InChI=1S/C18H21N3O5S/c1-25-16-8-4-6-14(10-16)12-19-20-18(22)13-21(27(3,23)24)15-7-5-9-17(11-15)26-2/h4-12H,13H2,1-3H3,(H,20,22)/b19-12-. The minimum absolute atomic E-state index is 0.323. The average molecular weight is 391 g/mol. The number of hydrogen-bond acceptors (Lipinski definition) is 6.